The van der Waals surface area contributed by atoms with Gasteiger partial charge < -0.3 is 14.6 Å². The number of nitrogens with zero attached hydrogens (tertiary/aromatic N) is 2. The molecule has 1 amide bonds. The number of benzene rings is 2. The molecule has 0 spiro atoms. The molecule has 0 unspecified atom stereocenters. The summed E-state index contributed by atoms with van der Waals surface area (Å²) in [7, 11) is -3.90. The molecule has 12 heteroatoms. The topological polar surface area (TPSA) is 154 Å². The van der Waals surface area contributed by atoms with Crippen LogP contribution >= 0.6 is 0 Å². The predicted octanol–water partition coefficient (Wildman–Crippen LogP) is 3.33. The molecule has 1 aromatic heterocycles. The number of carbonyl (C=O) groups is 1. The van der Waals surface area contributed by atoms with E-state index in [9.17, 15) is 23.3 Å². The Balaban J connectivity index is 1.60. The molecule has 2 N–H and O–H groups in total. The number of nitro groups is 1. The minimum atomic E-state index is -3.90. The van der Waals surface area contributed by atoms with E-state index in [0.717, 1.165) is 0 Å². The van der Waals surface area contributed by atoms with Crippen molar-refractivity contribution in [3.63, 3.8) is 0 Å². The number of non-ortho nitro benzene ring substituents is 1. The summed E-state index contributed by atoms with van der Waals surface area (Å²) in [5.74, 6) is -0.0981. The van der Waals surface area contributed by atoms with Gasteiger partial charge in [0.15, 0.2) is 6.61 Å². The normalized spacial score (nSPS) is 11.1. The van der Waals surface area contributed by atoms with Crippen LogP contribution in [-0.4, -0.2) is 31.0 Å². The van der Waals surface area contributed by atoms with E-state index >= 15 is 0 Å². The molecule has 1 heterocycles. The number of aromatic nitrogens is 1. The molecular weight excluding hydrogens is 440 g/mol. The summed E-state index contributed by atoms with van der Waals surface area (Å²) in [4.78, 5) is 22.4. The fourth-order valence-electron chi connectivity index (χ4n) is 2.66. The van der Waals surface area contributed by atoms with E-state index in [1.165, 1.54) is 42.5 Å². The number of nitro benzene ring substituents is 1. The van der Waals surface area contributed by atoms with Crippen LogP contribution < -0.4 is 14.8 Å². The van der Waals surface area contributed by atoms with Crippen molar-refractivity contribution < 1.29 is 27.4 Å². The summed E-state index contributed by atoms with van der Waals surface area (Å²) < 4.78 is 37.7. The highest BCUT2D eigenvalue weighted by atomic mass is 32.2. The first kappa shape index (κ1) is 22.7. The lowest BCUT2D eigenvalue weighted by atomic mass is 10.2. The molecule has 32 heavy (non-hydrogen) atoms. The summed E-state index contributed by atoms with van der Waals surface area (Å²) in [6, 6.07) is 9.59. The summed E-state index contributed by atoms with van der Waals surface area (Å²) in [5, 5.41) is 17.1. The zero-order chi connectivity index (χ0) is 23.5. The second-order valence-corrected chi connectivity index (χ2v) is 8.58. The van der Waals surface area contributed by atoms with E-state index in [1.54, 1.807) is 20.8 Å². The van der Waals surface area contributed by atoms with E-state index in [0.29, 0.717) is 28.3 Å². The Kier molecular flexibility index (Phi) is 6.44. The fraction of sp³-hybridized carbons (Fsp3) is 0.200. The molecule has 2 aromatic carbocycles. The largest absolute Gasteiger partial charge is 0.483 e. The summed E-state index contributed by atoms with van der Waals surface area (Å²) in [6.07, 6.45) is 0. The first-order valence-corrected chi connectivity index (χ1v) is 10.8. The Labute approximate surface area is 183 Å². The second kappa shape index (κ2) is 9.06. The Morgan fingerprint density at radius 2 is 1.84 bits per heavy atom. The standard InChI is InChI=1S/C20H20N4O7S/c1-12-10-16(24(26)27)6-9-18(12)30-11-19(25)21-15-4-7-17(8-5-15)32(28,29)23-20-13(2)14(3)22-31-20/h4-10,23H,11H2,1-3H3,(H,21,25). The van der Waals surface area contributed by atoms with Crippen molar-refractivity contribution in [2.45, 2.75) is 25.7 Å². The van der Waals surface area contributed by atoms with Gasteiger partial charge in [0.25, 0.3) is 21.6 Å². The highest BCUT2D eigenvalue weighted by Gasteiger charge is 2.19. The number of hydrogen-bond acceptors (Lipinski definition) is 8. The zero-order valence-electron chi connectivity index (χ0n) is 17.4. The molecule has 0 saturated carbocycles. The van der Waals surface area contributed by atoms with Crippen LogP contribution in [0.3, 0.4) is 0 Å². The molecule has 0 radical (unpaired) electrons. The van der Waals surface area contributed by atoms with Gasteiger partial charge in [-0.05, 0) is 56.7 Å². The van der Waals surface area contributed by atoms with Gasteiger partial charge in [-0.2, -0.15) is 0 Å². The molecule has 0 fully saturated rings. The molecule has 11 nitrogen and oxygen atoms in total. The third-order valence-corrected chi connectivity index (χ3v) is 5.91. The van der Waals surface area contributed by atoms with Crippen LogP contribution in [0.2, 0.25) is 0 Å². The van der Waals surface area contributed by atoms with Gasteiger partial charge in [0.05, 0.1) is 15.5 Å². The first-order valence-electron chi connectivity index (χ1n) is 9.30. The Bertz CT molecular complexity index is 1270. The maximum absolute atomic E-state index is 12.5. The third kappa shape index (κ3) is 5.21. The van der Waals surface area contributed by atoms with Crippen LogP contribution in [0.25, 0.3) is 0 Å². The molecule has 0 aliphatic heterocycles. The summed E-state index contributed by atoms with van der Waals surface area (Å²) in [5.41, 5.74) is 1.97. The molecule has 0 bridgehead atoms. The Morgan fingerprint density at radius 1 is 1.16 bits per heavy atom. The maximum atomic E-state index is 12.5. The van der Waals surface area contributed by atoms with Crippen LogP contribution in [0.15, 0.2) is 51.9 Å². The quantitative estimate of drug-likeness (QED) is 0.383. The number of ether oxygens (including phenoxy) is 1. The van der Waals surface area contributed by atoms with E-state index in [2.05, 4.69) is 15.2 Å². The number of nitrogens with one attached hydrogen (secondary N) is 2. The third-order valence-electron chi connectivity index (χ3n) is 4.56. The molecule has 3 rings (SSSR count). The van der Waals surface area contributed by atoms with E-state index < -0.39 is 20.9 Å². The summed E-state index contributed by atoms with van der Waals surface area (Å²) >= 11 is 0. The van der Waals surface area contributed by atoms with Gasteiger partial charge >= 0.3 is 0 Å². The van der Waals surface area contributed by atoms with Crippen molar-refractivity contribution in [2.24, 2.45) is 0 Å². The number of amides is 1. The van der Waals surface area contributed by atoms with Gasteiger partial charge in [0.2, 0.25) is 5.88 Å². The predicted molar refractivity (Wildman–Crippen MR) is 115 cm³/mol. The lowest BCUT2D eigenvalue weighted by Crippen LogP contribution is -2.20. The molecule has 0 aliphatic rings. The Hall–Kier alpha value is -3.93. The molecule has 3 aromatic rings. The minimum Gasteiger partial charge on any atom is -0.483 e. The second-order valence-electron chi connectivity index (χ2n) is 6.90. The van der Waals surface area contributed by atoms with Crippen molar-refractivity contribution in [3.05, 3.63) is 69.4 Å². The average molecular weight is 460 g/mol. The van der Waals surface area contributed by atoms with Crippen molar-refractivity contribution in [1.82, 2.24) is 5.16 Å². The van der Waals surface area contributed by atoms with Crippen LogP contribution in [0, 0.1) is 30.9 Å². The van der Waals surface area contributed by atoms with Gasteiger partial charge in [-0.1, -0.05) is 5.16 Å². The molecule has 0 saturated heterocycles. The van der Waals surface area contributed by atoms with Crippen molar-refractivity contribution >= 4 is 33.2 Å². The lowest BCUT2D eigenvalue weighted by molar-refractivity contribution is -0.384. The van der Waals surface area contributed by atoms with Gasteiger partial charge in [0.1, 0.15) is 5.75 Å². The number of carbonyl (C=O) groups excluding carboxylic acids is 1. The molecule has 0 atom stereocenters. The average Bonchev–Trinajstić information content (AvgIpc) is 3.04. The minimum absolute atomic E-state index is 0.0262. The fourth-order valence-corrected chi connectivity index (χ4v) is 3.71. The van der Waals surface area contributed by atoms with E-state index in [1.807, 2.05) is 0 Å². The lowest BCUT2D eigenvalue weighted by Gasteiger charge is -2.10. The molecule has 168 valence electrons. The van der Waals surface area contributed by atoms with Gasteiger partial charge in [0, 0.05) is 23.4 Å². The number of hydrogen-bond donors (Lipinski definition) is 2. The van der Waals surface area contributed by atoms with Crippen molar-refractivity contribution in [1.29, 1.82) is 0 Å². The van der Waals surface area contributed by atoms with Crippen molar-refractivity contribution in [2.75, 3.05) is 16.6 Å². The molecule has 0 aliphatic carbocycles. The maximum Gasteiger partial charge on any atom is 0.269 e. The van der Waals surface area contributed by atoms with Gasteiger partial charge in [-0.3, -0.25) is 14.9 Å². The zero-order valence-corrected chi connectivity index (χ0v) is 18.2. The number of rotatable bonds is 8. The SMILES string of the molecule is Cc1cc([N+](=O)[O-])ccc1OCC(=O)Nc1ccc(S(=O)(=O)Nc2onc(C)c2C)cc1. The van der Waals surface area contributed by atoms with E-state index in [4.69, 9.17) is 9.26 Å². The smallest absolute Gasteiger partial charge is 0.269 e. The highest BCUT2D eigenvalue weighted by Crippen LogP contribution is 2.24. The van der Waals surface area contributed by atoms with E-state index in [-0.39, 0.29) is 23.1 Å². The van der Waals surface area contributed by atoms with Gasteiger partial charge in [-0.15, -0.1) is 0 Å². The van der Waals surface area contributed by atoms with Crippen LogP contribution in [-0.2, 0) is 14.8 Å². The van der Waals surface area contributed by atoms with Crippen LogP contribution in [0.1, 0.15) is 16.8 Å². The van der Waals surface area contributed by atoms with Crippen LogP contribution in [0.4, 0.5) is 17.3 Å². The van der Waals surface area contributed by atoms with Crippen LogP contribution in [0.5, 0.6) is 5.75 Å². The number of sulfonamides is 1. The number of aryl methyl sites for hydroxylation is 2. The van der Waals surface area contributed by atoms with Crippen molar-refractivity contribution in [3.8, 4) is 5.75 Å². The highest BCUT2D eigenvalue weighted by molar-refractivity contribution is 7.92. The Morgan fingerprint density at radius 3 is 2.41 bits per heavy atom. The monoisotopic (exact) mass is 460 g/mol. The van der Waals surface area contributed by atoms with Gasteiger partial charge in [-0.25, -0.2) is 13.1 Å². The summed E-state index contributed by atoms with van der Waals surface area (Å²) in [6.45, 7) is 4.68. The molecular formula is C20H20N4O7S. The first-order chi connectivity index (χ1) is 15.1. The number of anilines is 2.